The number of thioether (sulfide) groups is 1. The molecule has 2 rings (SSSR count). The first kappa shape index (κ1) is 14.3. The van der Waals surface area contributed by atoms with E-state index in [9.17, 15) is 9.90 Å². The number of nitrogens with zero attached hydrogens (tertiary/aromatic N) is 1. The molecule has 1 heterocycles. The van der Waals surface area contributed by atoms with Crippen LogP contribution in [0.15, 0.2) is 23.1 Å². The van der Waals surface area contributed by atoms with E-state index in [2.05, 4.69) is 11.8 Å². The van der Waals surface area contributed by atoms with Gasteiger partial charge in [0.2, 0.25) is 0 Å². The molecule has 0 bridgehead atoms. The van der Waals surface area contributed by atoms with E-state index in [0.717, 1.165) is 30.0 Å². The maximum Gasteiger partial charge on any atom is 0.338 e. The van der Waals surface area contributed by atoms with Crippen LogP contribution in [0.1, 0.15) is 43.0 Å². The molecule has 1 atom stereocenters. The number of benzene rings is 1. The van der Waals surface area contributed by atoms with Crippen molar-refractivity contribution in [1.29, 1.82) is 0 Å². The molecular formula is C15H21NO2S. The van der Waals surface area contributed by atoms with Gasteiger partial charge in [-0.25, -0.2) is 4.79 Å². The van der Waals surface area contributed by atoms with E-state index < -0.39 is 5.97 Å². The first-order chi connectivity index (χ1) is 9.19. The maximum atomic E-state index is 11.6. The normalized spacial score (nSPS) is 19.5. The predicted octanol–water partition coefficient (Wildman–Crippen LogP) is 3.88. The molecule has 0 aromatic heterocycles. The number of piperidine rings is 1. The van der Waals surface area contributed by atoms with Crippen LogP contribution in [0.3, 0.4) is 0 Å². The molecule has 1 aromatic carbocycles. The molecule has 1 unspecified atom stereocenters. The molecule has 0 saturated carbocycles. The Bertz CT molecular complexity index is 461. The van der Waals surface area contributed by atoms with Gasteiger partial charge in [-0.1, -0.05) is 13.0 Å². The van der Waals surface area contributed by atoms with Gasteiger partial charge in [0.25, 0.3) is 0 Å². The molecule has 1 N–H and O–H groups in total. The predicted molar refractivity (Wildman–Crippen MR) is 80.5 cm³/mol. The lowest BCUT2D eigenvalue weighted by Gasteiger charge is -2.38. The number of aromatic carboxylic acids is 1. The molecule has 4 heteroatoms. The molecular weight excluding hydrogens is 258 g/mol. The highest BCUT2D eigenvalue weighted by atomic mass is 32.2. The van der Waals surface area contributed by atoms with Gasteiger partial charge >= 0.3 is 5.97 Å². The summed E-state index contributed by atoms with van der Waals surface area (Å²) in [5.41, 5.74) is 1.36. The van der Waals surface area contributed by atoms with Crippen LogP contribution >= 0.6 is 11.8 Å². The quantitative estimate of drug-likeness (QED) is 0.849. The fourth-order valence-electron chi connectivity index (χ4n) is 2.89. The Kier molecular flexibility index (Phi) is 4.75. The third-order valence-electron chi connectivity index (χ3n) is 3.85. The molecule has 0 aliphatic carbocycles. The zero-order chi connectivity index (χ0) is 13.8. The Hall–Kier alpha value is -1.16. The highest BCUT2D eigenvalue weighted by Crippen LogP contribution is 2.34. The van der Waals surface area contributed by atoms with Crippen LogP contribution in [-0.2, 0) is 0 Å². The highest BCUT2D eigenvalue weighted by molar-refractivity contribution is 7.98. The van der Waals surface area contributed by atoms with Crippen molar-refractivity contribution in [3.05, 3.63) is 23.8 Å². The molecule has 0 amide bonds. The van der Waals surface area contributed by atoms with Crippen molar-refractivity contribution in [2.75, 3.05) is 17.7 Å². The SMILES string of the molecule is CCC1CCCCN1c1cccc(SC)c1C(=O)O. The lowest BCUT2D eigenvalue weighted by Crippen LogP contribution is -2.40. The number of anilines is 1. The van der Waals surface area contributed by atoms with Gasteiger partial charge in [-0.05, 0) is 44.1 Å². The van der Waals surface area contributed by atoms with E-state index in [1.807, 2.05) is 24.5 Å². The number of carboxylic acids is 1. The third kappa shape index (κ3) is 2.89. The lowest BCUT2D eigenvalue weighted by molar-refractivity contribution is 0.0693. The van der Waals surface area contributed by atoms with Crippen LogP contribution in [0.2, 0.25) is 0 Å². The summed E-state index contributed by atoms with van der Waals surface area (Å²) in [5.74, 6) is -0.819. The van der Waals surface area contributed by atoms with Gasteiger partial charge < -0.3 is 10.0 Å². The van der Waals surface area contributed by atoms with E-state index in [0.29, 0.717) is 11.6 Å². The molecule has 19 heavy (non-hydrogen) atoms. The van der Waals surface area contributed by atoms with Gasteiger partial charge in [-0.2, -0.15) is 0 Å². The summed E-state index contributed by atoms with van der Waals surface area (Å²) in [6, 6.07) is 6.29. The van der Waals surface area contributed by atoms with E-state index in [1.165, 1.54) is 24.6 Å². The van der Waals surface area contributed by atoms with Gasteiger partial charge in [0, 0.05) is 17.5 Å². The summed E-state index contributed by atoms with van der Waals surface area (Å²) in [6.07, 6.45) is 6.57. The van der Waals surface area contributed by atoms with Crippen LogP contribution in [-0.4, -0.2) is 29.9 Å². The summed E-state index contributed by atoms with van der Waals surface area (Å²) < 4.78 is 0. The first-order valence-corrected chi connectivity index (χ1v) is 8.08. The smallest absolute Gasteiger partial charge is 0.338 e. The molecule has 3 nitrogen and oxygen atoms in total. The number of carboxylic acid groups (broad SMARTS) is 1. The van der Waals surface area contributed by atoms with Crippen molar-refractivity contribution >= 4 is 23.4 Å². The first-order valence-electron chi connectivity index (χ1n) is 6.86. The van der Waals surface area contributed by atoms with Crippen LogP contribution in [0.5, 0.6) is 0 Å². The van der Waals surface area contributed by atoms with Crippen molar-refractivity contribution in [3.63, 3.8) is 0 Å². The number of hydrogen-bond acceptors (Lipinski definition) is 3. The molecule has 1 aliphatic rings. The van der Waals surface area contributed by atoms with Crippen molar-refractivity contribution in [1.82, 2.24) is 0 Å². The molecule has 1 aromatic rings. The van der Waals surface area contributed by atoms with Crippen LogP contribution in [0.4, 0.5) is 5.69 Å². The van der Waals surface area contributed by atoms with E-state index in [4.69, 9.17) is 0 Å². The summed E-state index contributed by atoms with van der Waals surface area (Å²) in [7, 11) is 0. The average Bonchev–Trinajstić information content (AvgIpc) is 2.46. The largest absolute Gasteiger partial charge is 0.478 e. The van der Waals surface area contributed by atoms with Gasteiger partial charge in [0.05, 0.1) is 11.3 Å². The van der Waals surface area contributed by atoms with Gasteiger partial charge in [-0.15, -0.1) is 11.8 Å². The summed E-state index contributed by atoms with van der Waals surface area (Å²) in [5, 5.41) is 9.53. The van der Waals surface area contributed by atoms with E-state index in [1.54, 1.807) is 0 Å². The van der Waals surface area contributed by atoms with Crippen LogP contribution < -0.4 is 4.90 Å². The Morgan fingerprint density at radius 2 is 2.26 bits per heavy atom. The molecule has 104 valence electrons. The minimum Gasteiger partial charge on any atom is -0.478 e. The fourth-order valence-corrected chi connectivity index (χ4v) is 3.50. The second-order valence-corrected chi connectivity index (χ2v) is 5.76. The van der Waals surface area contributed by atoms with Crippen molar-refractivity contribution in [2.24, 2.45) is 0 Å². The van der Waals surface area contributed by atoms with Gasteiger partial charge in [0.15, 0.2) is 0 Å². The van der Waals surface area contributed by atoms with Gasteiger partial charge in [0.1, 0.15) is 0 Å². The lowest BCUT2D eigenvalue weighted by atomic mass is 9.98. The fraction of sp³-hybridized carbons (Fsp3) is 0.533. The third-order valence-corrected chi connectivity index (χ3v) is 4.63. The molecule has 1 fully saturated rings. The number of hydrogen-bond donors (Lipinski definition) is 1. The minimum atomic E-state index is -0.819. The summed E-state index contributed by atoms with van der Waals surface area (Å²) >= 11 is 1.50. The monoisotopic (exact) mass is 279 g/mol. The Morgan fingerprint density at radius 3 is 2.89 bits per heavy atom. The van der Waals surface area contributed by atoms with Crippen LogP contribution in [0, 0.1) is 0 Å². The van der Waals surface area contributed by atoms with Gasteiger partial charge in [-0.3, -0.25) is 0 Å². The van der Waals surface area contributed by atoms with E-state index >= 15 is 0 Å². The summed E-state index contributed by atoms with van der Waals surface area (Å²) in [6.45, 7) is 3.15. The molecule has 0 radical (unpaired) electrons. The van der Waals surface area contributed by atoms with Crippen molar-refractivity contribution in [3.8, 4) is 0 Å². The zero-order valence-electron chi connectivity index (χ0n) is 11.6. The molecule has 0 spiro atoms. The molecule has 1 saturated heterocycles. The van der Waals surface area contributed by atoms with Crippen molar-refractivity contribution in [2.45, 2.75) is 43.5 Å². The number of carbonyl (C=O) groups is 1. The average molecular weight is 279 g/mol. The second-order valence-electron chi connectivity index (χ2n) is 4.91. The van der Waals surface area contributed by atoms with E-state index in [-0.39, 0.29) is 0 Å². The standard InChI is InChI=1S/C15H21NO2S/c1-3-11-7-4-5-10-16(11)12-8-6-9-13(19-2)14(12)15(17)18/h6,8-9,11H,3-5,7,10H2,1-2H3,(H,17,18). The molecule has 1 aliphatic heterocycles. The topological polar surface area (TPSA) is 40.5 Å². The Morgan fingerprint density at radius 1 is 1.47 bits per heavy atom. The Labute approximate surface area is 119 Å². The minimum absolute atomic E-state index is 0.468. The second kappa shape index (κ2) is 6.33. The Balaban J connectivity index is 2.45. The summed E-state index contributed by atoms with van der Waals surface area (Å²) in [4.78, 5) is 14.7. The maximum absolute atomic E-state index is 11.6. The number of rotatable bonds is 4. The van der Waals surface area contributed by atoms with Crippen LogP contribution in [0.25, 0.3) is 0 Å². The highest BCUT2D eigenvalue weighted by Gasteiger charge is 2.26. The zero-order valence-corrected chi connectivity index (χ0v) is 12.4. The van der Waals surface area contributed by atoms with Crippen molar-refractivity contribution < 1.29 is 9.90 Å².